The van der Waals surface area contributed by atoms with Crippen LogP contribution in [0.2, 0.25) is 0 Å². The van der Waals surface area contributed by atoms with Crippen molar-refractivity contribution in [3.05, 3.63) is 0 Å². The van der Waals surface area contributed by atoms with E-state index in [1.54, 1.807) is 7.11 Å². The fraction of sp³-hybridized carbons (Fsp3) is 0.929. The van der Waals surface area contributed by atoms with E-state index in [-0.39, 0.29) is 0 Å². The van der Waals surface area contributed by atoms with Crippen molar-refractivity contribution in [2.75, 3.05) is 33.9 Å². The number of ether oxygens (including phenoxy) is 1. The summed E-state index contributed by atoms with van der Waals surface area (Å²) in [6.45, 7) is 4.47. The standard InChI is InChI=1S/C14H27NO3/c1-12-6-4-7-14(10-12,13(16)17)11-15(2)8-5-9-18-3/h12H,4-11H2,1-3H3,(H,16,17). The van der Waals surface area contributed by atoms with E-state index in [1.165, 1.54) is 6.42 Å². The van der Waals surface area contributed by atoms with Gasteiger partial charge in [0.2, 0.25) is 0 Å². The Kier molecular flexibility index (Phi) is 6.09. The maximum atomic E-state index is 11.6. The summed E-state index contributed by atoms with van der Waals surface area (Å²) in [4.78, 5) is 13.8. The van der Waals surface area contributed by atoms with Crippen LogP contribution >= 0.6 is 0 Å². The zero-order valence-electron chi connectivity index (χ0n) is 11.9. The molecule has 18 heavy (non-hydrogen) atoms. The van der Waals surface area contributed by atoms with Crippen LogP contribution in [0.3, 0.4) is 0 Å². The molecule has 1 rings (SSSR count). The first-order valence-corrected chi connectivity index (χ1v) is 6.91. The normalized spacial score (nSPS) is 28.6. The maximum absolute atomic E-state index is 11.6. The van der Waals surface area contributed by atoms with E-state index in [4.69, 9.17) is 4.74 Å². The van der Waals surface area contributed by atoms with Gasteiger partial charge in [-0.3, -0.25) is 4.79 Å². The summed E-state index contributed by atoms with van der Waals surface area (Å²) in [6, 6.07) is 0. The molecule has 1 fully saturated rings. The molecule has 106 valence electrons. The molecule has 0 saturated heterocycles. The summed E-state index contributed by atoms with van der Waals surface area (Å²) in [5, 5.41) is 9.58. The lowest BCUT2D eigenvalue weighted by molar-refractivity contribution is -0.153. The van der Waals surface area contributed by atoms with Crippen molar-refractivity contribution in [3.63, 3.8) is 0 Å². The van der Waals surface area contributed by atoms with E-state index in [1.807, 2.05) is 7.05 Å². The quantitative estimate of drug-likeness (QED) is 0.711. The fourth-order valence-electron chi connectivity index (χ4n) is 3.14. The van der Waals surface area contributed by atoms with E-state index in [2.05, 4.69) is 11.8 Å². The summed E-state index contributed by atoms with van der Waals surface area (Å²) >= 11 is 0. The van der Waals surface area contributed by atoms with Crippen molar-refractivity contribution in [1.29, 1.82) is 0 Å². The number of hydrogen-bond donors (Lipinski definition) is 1. The number of methoxy groups -OCH3 is 1. The molecule has 0 spiro atoms. The molecule has 1 aliphatic carbocycles. The minimum atomic E-state index is -0.618. The molecule has 4 heteroatoms. The van der Waals surface area contributed by atoms with E-state index >= 15 is 0 Å². The second-order valence-electron chi connectivity index (χ2n) is 5.87. The predicted octanol–water partition coefficient (Wildman–Crippen LogP) is 2.24. The van der Waals surface area contributed by atoms with Gasteiger partial charge in [-0.2, -0.15) is 0 Å². The Morgan fingerprint density at radius 2 is 2.28 bits per heavy atom. The maximum Gasteiger partial charge on any atom is 0.310 e. The number of carbonyl (C=O) groups is 1. The van der Waals surface area contributed by atoms with Gasteiger partial charge in [0, 0.05) is 26.8 Å². The lowest BCUT2D eigenvalue weighted by atomic mass is 9.69. The number of carboxylic acid groups (broad SMARTS) is 1. The largest absolute Gasteiger partial charge is 0.481 e. The minimum Gasteiger partial charge on any atom is -0.481 e. The molecule has 0 bridgehead atoms. The number of hydrogen-bond acceptors (Lipinski definition) is 3. The zero-order chi connectivity index (χ0) is 13.6. The van der Waals surface area contributed by atoms with E-state index < -0.39 is 11.4 Å². The predicted molar refractivity (Wildman–Crippen MR) is 71.7 cm³/mol. The van der Waals surface area contributed by atoms with Crippen molar-refractivity contribution < 1.29 is 14.6 Å². The monoisotopic (exact) mass is 257 g/mol. The van der Waals surface area contributed by atoms with Crippen molar-refractivity contribution in [2.45, 2.75) is 39.0 Å². The molecule has 0 radical (unpaired) electrons. The first-order valence-electron chi connectivity index (χ1n) is 6.91. The SMILES string of the molecule is COCCCN(C)CC1(C(=O)O)CCCC(C)C1. The fourth-order valence-corrected chi connectivity index (χ4v) is 3.14. The van der Waals surface area contributed by atoms with Crippen LogP contribution < -0.4 is 0 Å². The zero-order valence-corrected chi connectivity index (χ0v) is 11.9. The molecular formula is C14H27NO3. The highest BCUT2D eigenvalue weighted by Gasteiger charge is 2.42. The Labute approximate surface area is 110 Å². The molecule has 1 N–H and O–H groups in total. The van der Waals surface area contributed by atoms with E-state index in [0.29, 0.717) is 12.5 Å². The summed E-state index contributed by atoms with van der Waals surface area (Å²) in [7, 11) is 3.71. The van der Waals surface area contributed by atoms with Crippen LogP contribution in [0.1, 0.15) is 39.0 Å². The molecule has 0 heterocycles. The van der Waals surface area contributed by atoms with Crippen molar-refractivity contribution in [3.8, 4) is 0 Å². The van der Waals surface area contributed by atoms with Gasteiger partial charge in [-0.05, 0) is 32.2 Å². The second kappa shape index (κ2) is 7.10. The van der Waals surface area contributed by atoms with Gasteiger partial charge in [0.15, 0.2) is 0 Å². The Bertz CT molecular complexity index is 270. The lowest BCUT2D eigenvalue weighted by Gasteiger charge is -2.39. The van der Waals surface area contributed by atoms with Gasteiger partial charge in [-0.1, -0.05) is 19.8 Å². The number of rotatable bonds is 7. The third kappa shape index (κ3) is 4.25. The molecule has 2 atom stereocenters. The smallest absolute Gasteiger partial charge is 0.310 e. The van der Waals surface area contributed by atoms with Gasteiger partial charge < -0.3 is 14.7 Å². The lowest BCUT2D eigenvalue weighted by Crippen LogP contribution is -2.45. The average Bonchev–Trinajstić information content (AvgIpc) is 2.29. The van der Waals surface area contributed by atoms with Crippen molar-refractivity contribution in [2.24, 2.45) is 11.3 Å². The van der Waals surface area contributed by atoms with Crippen LogP contribution in [-0.2, 0) is 9.53 Å². The molecular weight excluding hydrogens is 230 g/mol. The summed E-state index contributed by atoms with van der Waals surface area (Å²) in [5.41, 5.74) is -0.528. The number of carboxylic acids is 1. The minimum absolute atomic E-state index is 0.528. The average molecular weight is 257 g/mol. The highest BCUT2D eigenvalue weighted by Crippen LogP contribution is 2.40. The highest BCUT2D eigenvalue weighted by atomic mass is 16.5. The molecule has 2 unspecified atom stereocenters. The molecule has 0 aromatic heterocycles. The highest BCUT2D eigenvalue weighted by molar-refractivity contribution is 5.75. The van der Waals surface area contributed by atoms with Crippen LogP contribution in [-0.4, -0.2) is 49.8 Å². The summed E-state index contributed by atoms with van der Waals surface area (Å²) in [5.74, 6) is -0.0881. The van der Waals surface area contributed by atoms with Crippen LogP contribution in [0, 0.1) is 11.3 Å². The summed E-state index contributed by atoms with van der Waals surface area (Å²) < 4.78 is 5.03. The first kappa shape index (κ1) is 15.4. The molecule has 1 saturated carbocycles. The Morgan fingerprint density at radius 1 is 1.56 bits per heavy atom. The third-order valence-electron chi connectivity index (χ3n) is 4.01. The van der Waals surface area contributed by atoms with Gasteiger partial charge in [-0.25, -0.2) is 0 Å². The third-order valence-corrected chi connectivity index (χ3v) is 4.01. The van der Waals surface area contributed by atoms with Gasteiger partial charge in [-0.15, -0.1) is 0 Å². The molecule has 0 aromatic rings. The number of aliphatic carboxylic acids is 1. The summed E-state index contributed by atoms with van der Waals surface area (Å²) in [6.07, 6.45) is 4.80. The van der Waals surface area contributed by atoms with Crippen LogP contribution in [0.5, 0.6) is 0 Å². The molecule has 1 aliphatic rings. The first-order chi connectivity index (χ1) is 8.50. The van der Waals surface area contributed by atoms with E-state index in [0.717, 1.165) is 38.8 Å². The Morgan fingerprint density at radius 3 is 2.83 bits per heavy atom. The van der Waals surface area contributed by atoms with Gasteiger partial charge >= 0.3 is 5.97 Å². The number of nitrogens with zero attached hydrogens (tertiary/aromatic N) is 1. The molecule has 0 amide bonds. The van der Waals surface area contributed by atoms with Crippen molar-refractivity contribution >= 4 is 5.97 Å². The van der Waals surface area contributed by atoms with Gasteiger partial charge in [0.25, 0.3) is 0 Å². The van der Waals surface area contributed by atoms with Crippen LogP contribution in [0.4, 0.5) is 0 Å². The van der Waals surface area contributed by atoms with Crippen LogP contribution in [0.25, 0.3) is 0 Å². The topological polar surface area (TPSA) is 49.8 Å². The van der Waals surface area contributed by atoms with Crippen molar-refractivity contribution in [1.82, 2.24) is 4.90 Å². The molecule has 0 aliphatic heterocycles. The molecule has 4 nitrogen and oxygen atoms in total. The Hall–Kier alpha value is -0.610. The van der Waals surface area contributed by atoms with Gasteiger partial charge in [0.05, 0.1) is 5.41 Å². The molecule has 0 aromatic carbocycles. The second-order valence-corrected chi connectivity index (χ2v) is 5.87. The van der Waals surface area contributed by atoms with E-state index in [9.17, 15) is 9.90 Å². The van der Waals surface area contributed by atoms with Gasteiger partial charge in [0.1, 0.15) is 0 Å². The van der Waals surface area contributed by atoms with Crippen LogP contribution in [0.15, 0.2) is 0 Å². The Balaban J connectivity index is 2.54.